The highest BCUT2D eigenvalue weighted by Crippen LogP contribution is 2.40. The van der Waals surface area contributed by atoms with Gasteiger partial charge in [0.25, 0.3) is 0 Å². The van der Waals surface area contributed by atoms with Crippen LogP contribution in [0.15, 0.2) is 57.1 Å². The van der Waals surface area contributed by atoms with Gasteiger partial charge in [-0.2, -0.15) is 10.2 Å². The first-order chi connectivity index (χ1) is 12.5. The lowest BCUT2D eigenvalue weighted by molar-refractivity contribution is 0.476. The number of rotatable bonds is 5. The van der Waals surface area contributed by atoms with Crippen LogP contribution in [0.1, 0.15) is 0 Å². The fourth-order valence-corrected chi connectivity index (χ4v) is 2.21. The van der Waals surface area contributed by atoms with E-state index in [1.165, 1.54) is 0 Å². The van der Waals surface area contributed by atoms with Crippen LogP contribution in [0.5, 0.6) is 5.75 Å². The van der Waals surface area contributed by atoms with E-state index in [0.29, 0.717) is 23.0 Å². The summed E-state index contributed by atoms with van der Waals surface area (Å²) in [6.07, 6.45) is 3.27. The van der Waals surface area contributed by atoms with Crippen LogP contribution in [0.3, 0.4) is 0 Å². The van der Waals surface area contributed by atoms with Crippen molar-refractivity contribution in [3.05, 3.63) is 36.7 Å². The quantitative estimate of drug-likeness (QED) is 0.704. The first-order valence-electron chi connectivity index (χ1n) is 7.79. The van der Waals surface area contributed by atoms with Crippen LogP contribution >= 0.6 is 0 Å². The Kier molecular flexibility index (Phi) is 4.74. The molecule has 134 valence electrons. The molecule has 0 atom stereocenters. The second-order valence-electron chi connectivity index (χ2n) is 5.75. The summed E-state index contributed by atoms with van der Waals surface area (Å²) in [5.41, 5.74) is 1.54. The number of nitrogens with zero attached hydrogens (tertiary/aromatic N) is 9. The molecule has 0 unspecified atom stereocenters. The number of aromatic nitrogens is 4. The van der Waals surface area contributed by atoms with Crippen molar-refractivity contribution in [3.8, 4) is 5.75 Å². The van der Waals surface area contributed by atoms with Crippen LogP contribution in [-0.4, -0.2) is 38.8 Å². The summed E-state index contributed by atoms with van der Waals surface area (Å²) in [4.78, 5) is 1.83. The number of hydrogen-bond acceptors (Lipinski definition) is 8. The third kappa shape index (κ3) is 3.58. The second kappa shape index (κ2) is 7.13. The van der Waals surface area contributed by atoms with E-state index >= 15 is 0 Å². The van der Waals surface area contributed by atoms with Gasteiger partial charge in [-0.3, -0.25) is 0 Å². The Hall–Kier alpha value is -3.56. The highest BCUT2D eigenvalue weighted by Gasteiger charge is 2.11. The third-order valence-electron chi connectivity index (χ3n) is 3.66. The largest absolute Gasteiger partial charge is 0.506 e. The van der Waals surface area contributed by atoms with Gasteiger partial charge in [0.15, 0.2) is 11.6 Å². The molecule has 0 fully saturated rings. The molecule has 1 N–H and O–H groups in total. The molecule has 3 rings (SSSR count). The molecule has 10 heteroatoms. The summed E-state index contributed by atoms with van der Waals surface area (Å²) >= 11 is 0. The number of hydrogen-bond donors (Lipinski definition) is 1. The summed E-state index contributed by atoms with van der Waals surface area (Å²) in [5.74, 6) is 1.18. The molecule has 2 heterocycles. The number of aryl methyl sites for hydroxylation is 2. The monoisotopic (exact) mass is 353 g/mol. The zero-order valence-electron chi connectivity index (χ0n) is 14.9. The Morgan fingerprint density at radius 3 is 1.85 bits per heavy atom. The van der Waals surface area contributed by atoms with Crippen LogP contribution in [0.2, 0.25) is 0 Å². The van der Waals surface area contributed by atoms with Crippen LogP contribution in [-0.2, 0) is 14.1 Å². The molecule has 0 aliphatic carbocycles. The first-order valence-corrected chi connectivity index (χ1v) is 7.79. The smallest absolute Gasteiger partial charge is 0.172 e. The number of phenolic OH excluding ortho intramolecular Hbond substituents is 1. The minimum atomic E-state index is -0.000832. The van der Waals surface area contributed by atoms with Gasteiger partial charge in [0.2, 0.25) is 0 Å². The lowest BCUT2D eigenvalue weighted by Gasteiger charge is -2.15. The van der Waals surface area contributed by atoms with E-state index in [0.717, 1.165) is 0 Å². The molecule has 0 amide bonds. The molecular weight excluding hydrogens is 334 g/mol. The Balaban J connectivity index is 1.99. The van der Waals surface area contributed by atoms with Crippen LogP contribution in [0, 0.1) is 0 Å². The predicted octanol–water partition coefficient (Wildman–Crippen LogP) is 3.76. The minimum Gasteiger partial charge on any atom is -0.506 e. The Bertz CT molecular complexity index is 968. The van der Waals surface area contributed by atoms with Gasteiger partial charge >= 0.3 is 0 Å². The van der Waals surface area contributed by atoms with Crippen molar-refractivity contribution < 1.29 is 5.11 Å². The van der Waals surface area contributed by atoms with E-state index in [4.69, 9.17) is 0 Å². The van der Waals surface area contributed by atoms with Crippen molar-refractivity contribution in [2.45, 2.75) is 0 Å². The maximum absolute atomic E-state index is 10.3. The van der Waals surface area contributed by atoms with Crippen molar-refractivity contribution in [1.82, 2.24) is 19.6 Å². The summed E-state index contributed by atoms with van der Waals surface area (Å²) in [6.45, 7) is 0. The molecule has 2 aromatic heterocycles. The number of aromatic hydroxyl groups is 1. The number of anilines is 1. The van der Waals surface area contributed by atoms with Gasteiger partial charge < -0.3 is 10.0 Å². The van der Waals surface area contributed by atoms with Gasteiger partial charge in [0.1, 0.15) is 17.1 Å². The summed E-state index contributed by atoms with van der Waals surface area (Å²) < 4.78 is 3.19. The number of azo groups is 2. The lowest BCUT2D eigenvalue weighted by Crippen LogP contribution is -2.08. The van der Waals surface area contributed by atoms with Gasteiger partial charge in [-0.1, -0.05) is 0 Å². The molecule has 26 heavy (non-hydrogen) atoms. The normalized spacial score (nSPS) is 11.7. The van der Waals surface area contributed by atoms with E-state index in [2.05, 4.69) is 30.7 Å². The van der Waals surface area contributed by atoms with Gasteiger partial charge in [0, 0.05) is 46.4 Å². The zero-order chi connectivity index (χ0) is 18.7. The van der Waals surface area contributed by atoms with Gasteiger partial charge in [-0.25, -0.2) is 9.36 Å². The SMILES string of the molecule is CN(C)c1cc(O)c(N=Nc2ccnn2C)cc1N=Nc1ccnn1C. The summed E-state index contributed by atoms with van der Waals surface area (Å²) in [5, 5.41) is 35.1. The standard InChI is InChI=1S/C16H19N9O/c1-23(2)13-10-14(26)12(20-22-16-6-8-18-25(16)4)9-11(13)19-21-15-5-7-17-24(15)3/h5-10,26H,1-4H3. The van der Waals surface area contributed by atoms with Crippen molar-refractivity contribution in [3.63, 3.8) is 0 Å². The van der Waals surface area contributed by atoms with Crippen LogP contribution in [0.25, 0.3) is 0 Å². The molecular formula is C16H19N9O. The third-order valence-corrected chi connectivity index (χ3v) is 3.66. The van der Waals surface area contributed by atoms with Gasteiger partial charge in [-0.15, -0.1) is 20.5 Å². The number of benzene rings is 1. The second-order valence-corrected chi connectivity index (χ2v) is 5.75. The fraction of sp³-hybridized carbons (Fsp3) is 0.250. The maximum Gasteiger partial charge on any atom is 0.172 e. The van der Waals surface area contributed by atoms with Crippen LogP contribution in [0.4, 0.5) is 28.7 Å². The van der Waals surface area contributed by atoms with Gasteiger partial charge in [-0.05, 0) is 6.07 Å². The topological polar surface area (TPSA) is 109 Å². The maximum atomic E-state index is 10.3. The van der Waals surface area contributed by atoms with Gasteiger partial charge in [0.05, 0.1) is 18.1 Å². The Labute approximate surface area is 150 Å². The first kappa shape index (κ1) is 17.3. The molecule has 0 radical (unpaired) electrons. The van der Waals surface area contributed by atoms with E-state index in [1.54, 1.807) is 60.1 Å². The predicted molar refractivity (Wildman–Crippen MR) is 97.2 cm³/mol. The van der Waals surface area contributed by atoms with E-state index in [1.807, 2.05) is 19.0 Å². The lowest BCUT2D eigenvalue weighted by atomic mass is 10.2. The highest BCUT2D eigenvalue weighted by atomic mass is 16.3. The molecule has 1 aromatic carbocycles. The average Bonchev–Trinajstić information content (AvgIpc) is 3.20. The molecule has 0 aliphatic rings. The van der Waals surface area contributed by atoms with Crippen molar-refractivity contribution in [1.29, 1.82) is 0 Å². The summed E-state index contributed by atoms with van der Waals surface area (Å²) in [6, 6.07) is 6.68. The van der Waals surface area contributed by atoms with E-state index < -0.39 is 0 Å². The molecule has 0 aliphatic heterocycles. The minimum absolute atomic E-state index is 0.000832. The molecule has 10 nitrogen and oxygen atoms in total. The molecule has 0 saturated heterocycles. The van der Waals surface area contributed by atoms with E-state index in [9.17, 15) is 5.11 Å². The Morgan fingerprint density at radius 2 is 1.38 bits per heavy atom. The van der Waals surface area contributed by atoms with Crippen molar-refractivity contribution in [2.75, 3.05) is 19.0 Å². The summed E-state index contributed by atoms with van der Waals surface area (Å²) in [7, 11) is 7.26. The molecule has 0 saturated carbocycles. The number of phenols is 1. The molecule has 3 aromatic rings. The molecule has 0 bridgehead atoms. The van der Waals surface area contributed by atoms with E-state index in [-0.39, 0.29) is 11.4 Å². The zero-order valence-corrected chi connectivity index (χ0v) is 14.9. The molecule has 0 spiro atoms. The van der Waals surface area contributed by atoms with Crippen molar-refractivity contribution in [2.24, 2.45) is 34.6 Å². The fourth-order valence-electron chi connectivity index (χ4n) is 2.21. The average molecular weight is 353 g/mol. The highest BCUT2D eigenvalue weighted by molar-refractivity contribution is 5.75. The Morgan fingerprint density at radius 1 is 0.846 bits per heavy atom. The van der Waals surface area contributed by atoms with Crippen LogP contribution < -0.4 is 4.90 Å². The van der Waals surface area contributed by atoms with Crippen molar-refractivity contribution >= 4 is 28.7 Å².